The predicted octanol–water partition coefficient (Wildman–Crippen LogP) is 5.62. The first-order valence-electron chi connectivity index (χ1n) is 8.66. The maximum absolute atomic E-state index is 11.6. The number of H-pyrrole nitrogens is 1. The third kappa shape index (κ3) is 3.94. The molecule has 0 saturated heterocycles. The number of benzene rings is 2. The van der Waals surface area contributed by atoms with Crippen molar-refractivity contribution in [2.75, 3.05) is 0 Å². The topological polar surface area (TPSA) is 95.6 Å². The van der Waals surface area contributed by atoms with Crippen LogP contribution in [-0.2, 0) is 6.54 Å². The summed E-state index contributed by atoms with van der Waals surface area (Å²) in [6.07, 6.45) is 0. The van der Waals surface area contributed by atoms with Crippen LogP contribution in [0.2, 0.25) is 5.02 Å². The molecule has 0 aliphatic carbocycles. The van der Waals surface area contributed by atoms with Gasteiger partial charge in [-0.2, -0.15) is 0 Å². The monoisotopic (exact) mass is 471 g/mol. The fraction of sp³-hybridized carbons (Fsp3) is 0.100. The Morgan fingerprint density at radius 1 is 1.21 bits per heavy atom. The second kappa shape index (κ2) is 7.81. The molecule has 2 N–H and O–H groups in total. The zero-order chi connectivity index (χ0) is 20.5. The SMILES string of the molecule is Cc1cc(=O)[nH]c(N=Nc2c(O)n(Cc3ccccc3Cl)c3ccc(Br)cc23)n1. The third-order valence-corrected chi connectivity index (χ3v) is 5.22. The molecule has 0 aliphatic heterocycles. The van der Waals surface area contributed by atoms with Crippen molar-refractivity contribution < 1.29 is 5.11 Å². The minimum absolute atomic E-state index is 0.0585. The molecule has 0 fully saturated rings. The lowest BCUT2D eigenvalue weighted by atomic mass is 10.2. The molecule has 2 aromatic heterocycles. The van der Waals surface area contributed by atoms with E-state index in [2.05, 4.69) is 36.1 Å². The van der Waals surface area contributed by atoms with Gasteiger partial charge in [-0.3, -0.25) is 9.78 Å². The standard InChI is InChI=1S/C20H15BrClN5O2/c1-11-8-17(28)24-20(23-11)26-25-18-14-9-13(21)6-7-16(14)27(19(18)29)10-12-4-2-3-5-15(12)22/h2-9,29H,10H2,1H3,(H,23,24,28). The summed E-state index contributed by atoms with van der Waals surface area (Å²) in [5.74, 6) is 0.00757. The van der Waals surface area contributed by atoms with Crippen molar-refractivity contribution in [3.63, 3.8) is 0 Å². The molecule has 0 amide bonds. The number of hydrogen-bond donors (Lipinski definition) is 2. The van der Waals surface area contributed by atoms with E-state index < -0.39 is 0 Å². The molecule has 29 heavy (non-hydrogen) atoms. The number of fused-ring (bicyclic) bond motifs is 1. The summed E-state index contributed by atoms with van der Waals surface area (Å²) in [4.78, 5) is 18.3. The van der Waals surface area contributed by atoms with E-state index in [0.29, 0.717) is 22.6 Å². The van der Waals surface area contributed by atoms with Gasteiger partial charge in [-0.05, 0) is 36.8 Å². The number of nitrogens with one attached hydrogen (secondary N) is 1. The molecule has 146 valence electrons. The Labute approximate surface area is 178 Å². The lowest BCUT2D eigenvalue weighted by molar-refractivity contribution is 0.429. The fourth-order valence-electron chi connectivity index (χ4n) is 3.06. The van der Waals surface area contributed by atoms with Crippen molar-refractivity contribution in [2.45, 2.75) is 13.5 Å². The van der Waals surface area contributed by atoms with E-state index in [4.69, 9.17) is 11.6 Å². The molecule has 2 aromatic carbocycles. The summed E-state index contributed by atoms with van der Waals surface area (Å²) >= 11 is 9.74. The van der Waals surface area contributed by atoms with E-state index in [1.165, 1.54) is 6.07 Å². The van der Waals surface area contributed by atoms with E-state index >= 15 is 0 Å². The highest BCUT2D eigenvalue weighted by atomic mass is 79.9. The van der Waals surface area contributed by atoms with Crippen molar-refractivity contribution in [3.8, 4) is 5.88 Å². The van der Waals surface area contributed by atoms with Crippen LogP contribution in [0.1, 0.15) is 11.3 Å². The van der Waals surface area contributed by atoms with Gasteiger partial charge >= 0.3 is 0 Å². The maximum atomic E-state index is 11.6. The van der Waals surface area contributed by atoms with Crippen molar-refractivity contribution in [3.05, 3.63) is 79.6 Å². The molecule has 4 aromatic rings. The van der Waals surface area contributed by atoms with Gasteiger partial charge in [-0.15, -0.1) is 10.2 Å². The van der Waals surface area contributed by atoms with Crippen LogP contribution in [0.5, 0.6) is 5.88 Å². The first-order valence-corrected chi connectivity index (χ1v) is 9.83. The summed E-state index contributed by atoms with van der Waals surface area (Å²) in [6.45, 7) is 2.05. The summed E-state index contributed by atoms with van der Waals surface area (Å²) in [5.41, 5.74) is 2.11. The molecular weight excluding hydrogens is 458 g/mol. The summed E-state index contributed by atoms with van der Waals surface area (Å²) in [6, 6.07) is 14.4. The normalized spacial score (nSPS) is 11.6. The molecule has 0 saturated carbocycles. The zero-order valence-electron chi connectivity index (χ0n) is 15.2. The Hall–Kier alpha value is -2.97. The molecule has 2 heterocycles. The minimum Gasteiger partial charge on any atom is -0.493 e. The number of hydrogen-bond acceptors (Lipinski definition) is 5. The van der Waals surface area contributed by atoms with Crippen LogP contribution in [0, 0.1) is 6.92 Å². The molecular formula is C20H15BrClN5O2. The first-order chi connectivity index (χ1) is 13.9. The molecule has 0 unspecified atom stereocenters. The van der Waals surface area contributed by atoms with E-state index in [-0.39, 0.29) is 23.1 Å². The Bertz CT molecular complexity index is 1310. The van der Waals surface area contributed by atoms with Crippen LogP contribution in [-0.4, -0.2) is 19.6 Å². The molecule has 7 nitrogen and oxygen atoms in total. The van der Waals surface area contributed by atoms with Crippen LogP contribution in [0.4, 0.5) is 11.6 Å². The van der Waals surface area contributed by atoms with Crippen LogP contribution < -0.4 is 5.56 Å². The zero-order valence-corrected chi connectivity index (χ0v) is 17.6. The highest BCUT2D eigenvalue weighted by molar-refractivity contribution is 9.10. The van der Waals surface area contributed by atoms with Crippen molar-refractivity contribution >= 4 is 50.1 Å². The number of nitrogens with zero attached hydrogens (tertiary/aromatic N) is 4. The number of rotatable bonds is 4. The third-order valence-electron chi connectivity index (χ3n) is 4.36. The molecule has 0 bridgehead atoms. The van der Waals surface area contributed by atoms with Gasteiger partial charge in [-0.25, -0.2) is 4.98 Å². The van der Waals surface area contributed by atoms with Gasteiger partial charge in [0.1, 0.15) is 0 Å². The number of halogens is 2. The van der Waals surface area contributed by atoms with Crippen LogP contribution in [0.3, 0.4) is 0 Å². The van der Waals surface area contributed by atoms with Crippen LogP contribution in [0.25, 0.3) is 10.9 Å². The summed E-state index contributed by atoms with van der Waals surface area (Å²) < 4.78 is 2.54. The largest absolute Gasteiger partial charge is 0.493 e. The maximum Gasteiger partial charge on any atom is 0.252 e. The fourth-order valence-corrected chi connectivity index (χ4v) is 3.62. The molecule has 0 spiro atoms. The van der Waals surface area contributed by atoms with Gasteiger partial charge in [0.25, 0.3) is 5.56 Å². The Kier molecular flexibility index (Phi) is 5.21. The van der Waals surface area contributed by atoms with Crippen molar-refractivity contribution in [2.24, 2.45) is 10.2 Å². The second-order valence-corrected chi connectivity index (χ2v) is 7.74. The quantitative estimate of drug-likeness (QED) is 0.377. The van der Waals surface area contributed by atoms with E-state index in [0.717, 1.165) is 15.6 Å². The van der Waals surface area contributed by atoms with Crippen molar-refractivity contribution in [1.82, 2.24) is 14.5 Å². The number of aromatic nitrogens is 3. The Balaban J connectivity index is 1.84. The molecule has 0 radical (unpaired) electrons. The van der Waals surface area contributed by atoms with Crippen LogP contribution >= 0.6 is 27.5 Å². The first kappa shape index (κ1) is 19.4. The Morgan fingerprint density at radius 2 is 2.00 bits per heavy atom. The summed E-state index contributed by atoms with van der Waals surface area (Å²) in [5, 5.41) is 20.4. The van der Waals surface area contributed by atoms with Crippen molar-refractivity contribution in [1.29, 1.82) is 0 Å². The van der Waals surface area contributed by atoms with E-state index in [1.54, 1.807) is 17.6 Å². The lowest BCUT2D eigenvalue weighted by Crippen LogP contribution is -2.05. The molecule has 0 atom stereocenters. The highest BCUT2D eigenvalue weighted by Crippen LogP contribution is 2.41. The average Bonchev–Trinajstić information content (AvgIpc) is 2.92. The number of azo groups is 1. The van der Waals surface area contributed by atoms with Gasteiger partial charge in [0.05, 0.1) is 12.1 Å². The average molecular weight is 473 g/mol. The van der Waals surface area contributed by atoms with E-state index in [9.17, 15) is 9.90 Å². The molecule has 4 rings (SSSR count). The lowest BCUT2D eigenvalue weighted by Gasteiger charge is -2.08. The second-order valence-electron chi connectivity index (χ2n) is 6.42. The number of aromatic hydroxyl groups is 1. The van der Waals surface area contributed by atoms with Gasteiger partial charge in [0, 0.05) is 26.6 Å². The Morgan fingerprint density at radius 3 is 2.76 bits per heavy atom. The molecule has 0 aliphatic rings. The van der Waals surface area contributed by atoms with Gasteiger partial charge < -0.3 is 9.67 Å². The number of aromatic amines is 1. The van der Waals surface area contributed by atoms with Gasteiger partial charge in [-0.1, -0.05) is 45.7 Å². The highest BCUT2D eigenvalue weighted by Gasteiger charge is 2.18. The number of aryl methyl sites for hydroxylation is 1. The van der Waals surface area contributed by atoms with Gasteiger partial charge in [0.15, 0.2) is 5.69 Å². The van der Waals surface area contributed by atoms with Gasteiger partial charge in [0.2, 0.25) is 11.8 Å². The predicted molar refractivity (Wildman–Crippen MR) is 116 cm³/mol. The summed E-state index contributed by atoms with van der Waals surface area (Å²) in [7, 11) is 0. The smallest absolute Gasteiger partial charge is 0.252 e. The van der Waals surface area contributed by atoms with E-state index in [1.807, 2.05) is 36.4 Å². The molecule has 9 heteroatoms. The van der Waals surface area contributed by atoms with Crippen LogP contribution in [0.15, 0.2) is 68.0 Å². The minimum atomic E-state index is -0.320.